The molecule has 1 fully saturated rings. The van der Waals surface area contributed by atoms with Gasteiger partial charge in [0.2, 0.25) is 5.91 Å². The summed E-state index contributed by atoms with van der Waals surface area (Å²) in [4.78, 5) is 74.0. The number of benzene rings is 1. The van der Waals surface area contributed by atoms with Gasteiger partial charge in [0, 0.05) is 12.5 Å². The first kappa shape index (κ1) is 18.7. The number of carbonyl (C=O) groups is 5. The van der Waals surface area contributed by atoms with Gasteiger partial charge in [0.15, 0.2) is 0 Å². The molecule has 152 valence electrons. The van der Waals surface area contributed by atoms with E-state index in [1.165, 1.54) is 26.8 Å². The number of hydrogen-bond acceptors (Lipinski definition) is 8. The summed E-state index contributed by atoms with van der Waals surface area (Å²) in [6, 6.07) is 0.729. The van der Waals surface area contributed by atoms with Gasteiger partial charge >= 0.3 is 6.09 Å². The Balaban J connectivity index is 2.04. The van der Waals surface area contributed by atoms with Crippen molar-refractivity contribution < 1.29 is 35.0 Å². The number of piperidine rings is 1. The van der Waals surface area contributed by atoms with Gasteiger partial charge in [0.1, 0.15) is 17.2 Å². The van der Waals surface area contributed by atoms with Gasteiger partial charge in [-0.1, -0.05) is 6.07 Å². The van der Waals surface area contributed by atoms with Crippen LogP contribution in [0.5, 0.6) is 0 Å². The van der Waals surface area contributed by atoms with Gasteiger partial charge in [-0.3, -0.25) is 34.2 Å². The lowest BCUT2D eigenvalue weighted by Crippen LogP contribution is -2.58. The quantitative estimate of drug-likeness (QED) is 0.411. The van der Waals surface area contributed by atoms with E-state index < -0.39 is 70.4 Å². The topological polar surface area (TPSA) is 144 Å². The normalized spacial score (nSPS) is 22.5. The number of rotatable bonds is 2. The lowest BCUT2D eigenvalue weighted by molar-refractivity contribution is -0.385. The van der Waals surface area contributed by atoms with Crippen molar-refractivity contribution in [1.29, 1.82) is 0 Å². The molecule has 1 unspecified atom stereocenters. The molecule has 1 aromatic rings. The fourth-order valence-electron chi connectivity index (χ4n) is 3.05. The molecule has 11 nitrogen and oxygen atoms in total. The van der Waals surface area contributed by atoms with Gasteiger partial charge in [-0.25, -0.2) is 4.79 Å². The number of nitro benzene ring substituents is 1. The summed E-state index contributed by atoms with van der Waals surface area (Å²) in [5.74, 6) is -4.70. The highest BCUT2D eigenvalue weighted by atomic mass is 16.6. The summed E-state index contributed by atoms with van der Waals surface area (Å²) in [7, 11) is 0. The Hall–Kier alpha value is -3.63. The second kappa shape index (κ2) is 6.76. The molecule has 0 aromatic heterocycles. The van der Waals surface area contributed by atoms with Crippen molar-refractivity contribution in [2.75, 3.05) is 0 Å². The zero-order valence-corrected chi connectivity index (χ0v) is 15.8. The molecule has 29 heavy (non-hydrogen) atoms. The summed E-state index contributed by atoms with van der Waals surface area (Å²) in [5, 5.41) is 11.3. The Morgan fingerprint density at radius 2 is 1.90 bits per heavy atom. The summed E-state index contributed by atoms with van der Waals surface area (Å²) >= 11 is 0. The molecule has 1 saturated heterocycles. The zero-order valence-electron chi connectivity index (χ0n) is 16.8. The fraction of sp³-hybridized carbons (Fsp3) is 0.389. The Morgan fingerprint density at radius 3 is 2.48 bits per heavy atom. The third kappa shape index (κ3) is 3.35. The molecule has 0 radical (unpaired) electrons. The number of hydrogen-bond donors (Lipinski definition) is 0. The predicted molar refractivity (Wildman–Crippen MR) is 94.7 cm³/mol. The van der Waals surface area contributed by atoms with Gasteiger partial charge in [-0.15, -0.1) is 0 Å². The van der Waals surface area contributed by atoms with E-state index in [9.17, 15) is 34.1 Å². The molecule has 2 heterocycles. The number of fused-ring (bicyclic) bond motifs is 1. The van der Waals surface area contributed by atoms with E-state index in [0.717, 1.165) is 12.1 Å². The van der Waals surface area contributed by atoms with Crippen LogP contribution in [0.25, 0.3) is 0 Å². The van der Waals surface area contributed by atoms with E-state index in [2.05, 4.69) is 0 Å². The Bertz CT molecular complexity index is 1030. The lowest BCUT2D eigenvalue weighted by atomic mass is 10.0. The highest BCUT2D eigenvalue weighted by molar-refractivity contribution is 6.25. The van der Waals surface area contributed by atoms with Gasteiger partial charge in [0.05, 0.1) is 11.9 Å². The monoisotopic (exact) mass is 404 g/mol. The first-order valence-electron chi connectivity index (χ1n) is 9.06. The van der Waals surface area contributed by atoms with Crippen LogP contribution in [-0.2, 0) is 14.3 Å². The van der Waals surface area contributed by atoms with Crippen LogP contribution in [0.4, 0.5) is 10.5 Å². The van der Waals surface area contributed by atoms with E-state index in [1.807, 2.05) is 0 Å². The van der Waals surface area contributed by atoms with Crippen molar-refractivity contribution in [1.82, 2.24) is 9.80 Å². The molecule has 0 N–H and O–H groups in total. The molecule has 0 bridgehead atoms. The molecule has 1 atom stereocenters. The smallest absolute Gasteiger partial charge is 0.424 e. The summed E-state index contributed by atoms with van der Waals surface area (Å²) in [6.07, 6.45) is -2.40. The SMILES string of the molecule is [2H]C1(N2C(=O)c3cccc([N+](=O)[O-])c3C2=O)CCC(=O)N(C(=O)OC(C)(C)C)C1=O. The number of nitro groups is 1. The third-order valence-electron chi connectivity index (χ3n) is 4.21. The van der Waals surface area contributed by atoms with Crippen LogP contribution in [0.3, 0.4) is 0 Å². The number of imide groups is 4. The molecule has 2 aliphatic rings. The number of ether oxygens (including phenoxy) is 1. The van der Waals surface area contributed by atoms with Crippen LogP contribution < -0.4 is 0 Å². The molecule has 5 amide bonds. The van der Waals surface area contributed by atoms with Crippen molar-refractivity contribution in [2.45, 2.75) is 45.2 Å². The third-order valence-corrected chi connectivity index (χ3v) is 4.21. The van der Waals surface area contributed by atoms with Crippen LogP contribution in [0, 0.1) is 10.1 Å². The van der Waals surface area contributed by atoms with Crippen LogP contribution in [0.1, 0.15) is 55.7 Å². The first-order valence-corrected chi connectivity index (χ1v) is 8.56. The van der Waals surface area contributed by atoms with Crippen molar-refractivity contribution in [3.63, 3.8) is 0 Å². The van der Waals surface area contributed by atoms with Gasteiger partial charge in [0.25, 0.3) is 23.4 Å². The first-order chi connectivity index (χ1) is 13.8. The van der Waals surface area contributed by atoms with Crippen LogP contribution in [0.2, 0.25) is 0 Å². The van der Waals surface area contributed by atoms with Crippen molar-refractivity contribution in [2.24, 2.45) is 0 Å². The Kier molecular flexibility index (Phi) is 4.36. The summed E-state index contributed by atoms with van der Waals surface area (Å²) in [6.45, 7) is 4.50. The molecular weight excluding hydrogens is 386 g/mol. The van der Waals surface area contributed by atoms with E-state index in [4.69, 9.17) is 6.11 Å². The van der Waals surface area contributed by atoms with Crippen molar-refractivity contribution in [3.05, 3.63) is 39.4 Å². The van der Waals surface area contributed by atoms with E-state index in [-0.39, 0.29) is 15.4 Å². The van der Waals surface area contributed by atoms with E-state index in [0.29, 0.717) is 0 Å². The number of amides is 5. The highest BCUT2D eigenvalue weighted by Crippen LogP contribution is 2.34. The van der Waals surface area contributed by atoms with Crippen molar-refractivity contribution in [3.8, 4) is 0 Å². The average Bonchev–Trinajstić information content (AvgIpc) is 2.88. The van der Waals surface area contributed by atoms with E-state index >= 15 is 0 Å². The second-order valence-electron chi connectivity index (χ2n) is 7.36. The molecule has 0 aliphatic carbocycles. The molecule has 0 spiro atoms. The maximum atomic E-state index is 13.0. The van der Waals surface area contributed by atoms with Crippen molar-refractivity contribution >= 4 is 35.4 Å². The molecule has 2 aliphatic heterocycles. The molecular formula is C18H17N3O8. The number of likely N-dealkylation sites (tertiary alicyclic amines) is 1. The lowest BCUT2D eigenvalue weighted by Gasteiger charge is -2.34. The van der Waals surface area contributed by atoms with Gasteiger partial charge in [-0.05, 0) is 33.3 Å². The maximum Gasteiger partial charge on any atom is 0.424 e. The van der Waals surface area contributed by atoms with Gasteiger partial charge < -0.3 is 4.74 Å². The van der Waals surface area contributed by atoms with Crippen LogP contribution in [-0.4, -0.2) is 56.1 Å². The number of carbonyl (C=O) groups excluding carboxylic acids is 5. The summed E-state index contributed by atoms with van der Waals surface area (Å²) in [5.41, 5.74) is -2.60. The Labute approximate surface area is 165 Å². The minimum Gasteiger partial charge on any atom is -0.443 e. The standard InChI is InChI=1S/C18H17N3O8/c1-18(2,3)29-17(26)20-12(22)8-7-11(15(20)24)19-14(23)9-5-4-6-10(21(27)28)13(9)16(19)25/h4-6,11H,7-8H2,1-3H3/i11D. The maximum absolute atomic E-state index is 13.0. The minimum absolute atomic E-state index is 0.0969. The largest absolute Gasteiger partial charge is 0.443 e. The zero-order chi connectivity index (χ0) is 22.6. The molecule has 1 aromatic carbocycles. The molecule has 11 heteroatoms. The Morgan fingerprint density at radius 1 is 1.24 bits per heavy atom. The second-order valence-corrected chi connectivity index (χ2v) is 7.36. The van der Waals surface area contributed by atoms with E-state index in [1.54, 1.807) is 0 Å². The summed E-state index contributed by atoms with van der Waals surface area (Å²) < 4.78 is 13.6. The predicted octanol–water partition coefficient (Wildman–Crippen LogP) is 1.64. The average molecular weight is 404 g/mol. The van der Waals surface area contributed by atoms with Crippen LogP contribution >= 0.6 is 0 Å². The molecule has 3 rings (SSSR count). The van der Waals surface area contributed by atoms with Crippen LogP contribution in [0.15, 0.2) is 18.2 Å². The number of nitrogens with zero attached hydrogens (tertiary/aromatic N) is 3. The fourth-order valence-corrected chi connectivity index (χ4v) is 3.05. The molecule has 0 saturated carbocycles. The highest BCUT2D eigenvalue weighted by Gasteiger charge is 2.51. The van der Waals surface area contributed by atoms with Gasteiger partial charge in [-0.2, -0.15) is 4.90 Å². The minimum atomic E-state index is -2.65.